The first-order valence-corrected chi connectivity index (χ1v) is 7.29. The fourth-order valence-electron chi connectivity index (χ4n) is 3.36. The van der Waals surface area contributed by atoms with E-state index in [-0.39, 0.29) is 0 Å². The van der Waals surface area contributed by atoms with Crippen molar-refractivity contribution in [3.05, 3.63) is 42.5 Å². The number of hydrogen-bond acceptors (Lipinski definition) is 2. The molecule has 2 atom stereocenters. The summed E-state index contributed by atoms with van der Waals surface area (Å²) in [5, 5.41) is 2.67. The van der Waals surface area contributed by atoms with E-state index in [0.717, 1.165) is 19.4 Å². The quantitative estimate of drug-likeness (QED) is 0.907. The van der Waals surface area contributed by atoms with Crippen LogP contribution in [-0.2, 0) is 0 Å². The Morgan fingerprint density at radius 1 is 1.11 bits per heavy atom. The van der Waals surface area contributed by atoms with Crippen molar-refractivity contribution >= 4 is 16.5 Å². The summed E-state index contributed by atoms with van der Waals surface area (Å²) in [6, 6.07) is 16.2. The second kappa shape index (κ2) is 5.22. The Morgan fingerprint density at radius 3 is 2.63 bits per heavy atom. The average Bonchev–Trinajstić information content (AvgIpc) is 2.86. The third kappa shape index (κ3) is 2.33. The lowest BCUT2D eigenvalue weighted by Gasteiger charge is -2.31. The molecule has 2 heteroatoms. The summed E-state index contributed by atoms with van der Waals surface area (Å²) < 4.78 is 0. The molecule has 3 rings (SSSR count). The Morgan fingerprint density at radius 2 is 1.89 bits per heavy atom. The van der Waals surface area contributed by atoms with E-state index >= 15 is 0 Å². The average molecular weight is 254 g/mol. The second-order valence-electron chi connectivity index (χ2n) is 5.51. The summed E-state index contributed by atoms with van der Waals surface area (Å²) >= 11 is 0. The van der Waals surface area contributed by atoms with Crippen LogP contribution in [0.25, 0.3) is 10.8 Å². The molecule has 2 aromatic rings. The Hall–Kier alpha value is -1.54. The molecule has 2 N–H and O–H groups in total. The zero-order valence-electron chi connectivity index (χ0n) is 11.5. The number of anilines is 1. The molecule has 1 aliphatic carbocycles. The minimum atomic E-state index is 0.383. The smallest absolute Gasteiger partial charge is 0.0448 e. The molecule has 0 spiro atoms. The van der Waals surface area contributed by atoms with Crippen LogP contribution in [0.1, 0.15) is 26.2 Å². The Kier molecular flexibility index (Phi) is 3.43. The van der Waals surface area contributed by atoms with Gasteiger partial charge in [-0.2, -0.15) is 0 Å². The topological polar surface area (TPSA) is 29.3 Å². The Bertz CT molecular complexity index is 559. The number of benzene rings is 2. The molecular formula is C17H22N2. The molecule has 0 saturated heterocycles. The van der Waals surface area contributed by atoms with Gasteiger partial charge < -0.3 is 10.6 Å². The minimum absolute atomic E-state index is 0.383. The van der Waals surface area contributed by atoms with Crippen molar-refractivity contribution in [2.45, 2.75) is 38.3 Å². The minimum Gasteiger partial charge on any atom is -0.368 e. The third-order valence-electron chi connectivity index (χ3n) is 4.30. The largest absolute Gasteiger partial charge is 0.368 e. The van der Waals surface area contributed by atoms with E-state index in [4.69, 9.17) is 5.73 Å². The number of fused-ring (bicyclic) bond motifs is 1. The number of nitrogens with two attached hydrogens (primary N) is 1. The highest BCUT2D eigenvalue weighted by atomic mass is 15.2. The normalized spacial score (nSPS) is 22.8. The van der Waals surface area contributed by atoms with Crippen LogP contribution in [0.3, 0.4) is 0 Å². The lowest BCUT2D eigenvalue weighted by molar-refractivity contribution is 0.607. The zero-order valence-corrected chi connectivity index (χ0v) is 11.5. The molecule has 19 heavy (non-hydrogen) atoms. The highest BCUT2D eigenvalue weighted by molar-refractivity contribution is 5.94. The summed E-state index contributed by atoms with van der Waals surface area (Å²) in [6.45, 7) is 3.29. The van der Waals surface area contributed by atoms with Crippen molar-refractivity contribution in [3.63, 3.8) is 0 Å². The van der Waals surface area contributed by atoms with Crippen LogP contribution in [0.15, 0.2) is 42.5 Å². The van der Waals surface area contributed by atoms with Crippen LogP contribution >= 0.6 is 0 Å². The van der Waals surface area contributed by atoms with Crippen LogP contribution < -0.4 is 10.6 Å². The van der Waals surface area contributed by atoms with Gasteiger partial charge in [0.15, 0.2) is 0 Å². The Balaban J connectivity index is 2.01. The maximum absolute atomic E-state index is 6.08. The Labute approximate surface area is 115 Å². The van der Waals surface area contributed by atoms with Gasteiger partial charge in [-0.05, 0) is 37.6 Å². The first-order valence-electron chi connectivity index (χ1n) is 7.29. The van der Waals surface area contributed by atoms with Crippen molar-refractivity contribution < 1.29 is 0 Å². The van der Waals surface area contributed by atoms with E-state index in [2.05, 4.69) is 54.3 Å². The molecule has 1 fully saturated rings. The highest BCUT2D eigenvalue weighted by Crippen LogP contribution is 2.32. The first kappa shape index (κ1) is 12.5. The van der Waals surface area contributed by atoms with E-state index in [0.29, 0.717) is 12.1 Å². The van der Waals surface area contributed by atoms with Crippen molar-refractivity contribution in [1.29, 1.82) is 0 Å². The molecule has 0 amide bonds. The van der Waals surface area contributed by atoms with Gasteiger partial charge in [-0.15, -0.1) is 0 Å². The molecular weight excluding hydrogens is 232 g/mol. The van der Waals surface area contributed by atoms with Crippen LogP contribution in [0, 0.1) is 0 Å². The fourth-order valence-corrected chi connectivity index (χ4v) is 3.36. The molecule has 0 bridgehead atoms. The summed E-state index contributed by atoms with van der Waals surface area (Å²) in [6.07, 6.45) is 3.50. The third-order valence-corrected chi connectivity index (χ3v) is 4.30. The molecule has 0 radical (unpaired) electrons. The lowest BCUT2D eigenvalue weighted by Crippen LogP contribution is -2.34. The number of nitrogens with zero attached hydrogens (tertiary/aromatic N) is 1. The summed E-state index contributed by atoms with van der Waals surface area (Å²) in [5.41, 5.74) is 7.44. The van der Waals surface area contributed by atoms with E-state index in [1.165, 1.54) is 22.9 Å². The molecule has 1 aliphatic rings. The van der Waals surface area contributed by atoms with Gasteiger partial charge in [0, 0.05) is 29.7 Å². The van der Waals surface area contributed by atoms with E-state index in [9.17, 15) is 0 Å². The van der Waals surface area contributed by atoms with Gasteiger partial charge in [0.05, 0.1) is 0 Å². The van der Waals surface area contributed by atoms with Crippen LogP contribution in [0.4, 0.5) is 5.69 Å². The predicted molar refractivity (Wildman–Crippen MR) is 82.6 cm³/mol. The predicted octanol–water partition coefficient (Wildman–Crippen LogP) is 3.55. The van der Waals surface area contributed by atoms with E-state index < -0.39 is 0 Å². The molecule has 100 valence electrons. The highest BCUT2D eigenvalue weighted by Gasteiger charge is 2.27. The standard InChI is InChI=1S/C17H22N2/c1-2-19(15-11-10-14(18)12-15)17-9-5-7-13-6-3-4-8-16(13)17/h3-9,14-15H,2,10-12,18H2,1H3. The molecule has 1 saturated carbocycles. The van der Waals surface area contributed by atoms with Gasteiger partial charge in [-0.3, -0.25) is 0 Å². The maximum Gasteiger partial charge on any atom is 0.0448 e. The lowest BCUT2D eigenvalue weighted by atomic mass is 10.1. The van der Waals surface area contributed by atoms with Gasteiger partial charge in [0.2, 0.25) is 0 Å². The molecule has 0 aromatic heterocycles. The fraction of sp³-hybridized carbons (Fsp3) is 0.412. The molecule has 2 aromatic carbocycles. The van der Waals surface area contributed by atoms with Gasteiger partial charge in [-0.25, -0.2) is 0 Å². The SMILES string of the molecule is CCN(c1cccc2ccccc12)C1CCC(N)C1. The molecule has 2 nitrogen and oxygen atoms in total. The van der Waals surface area contributed by atoms with Crippen molar-refractivity contribution in [2.75, 3.05) is 11.4 Å². The van der Waals surface area contributed by atoms with Crippen molar-refractivity contribution in [1.82, 2.24) is 0 Å². The first-order chi connectivity index (χ1) is 9.29. The van der Waals surface area contributed by atoms with Crippen molar-refractivity contribution in [3.8, 4) is 0 Å². The zero-order chi connectivity index (χ0) is 13.2. The molecule has 2 unspecified atom stereocenters. The second-order valence-corrected chi connectivity index (χ2v) is 5.51. The molecule has 0 aliphatic heterocycles. The van der Waals surface area contributed by atoms with Gasteiger partial charge in [0.25, 0.3) is 0 Å². The van der Waals surface area contributed by atoms with Gasteiger partial charge >= 0.3 is 0 Å². The molecule has 0 heterocycles. The van der Waals surface area contributed by atoms with Gasteiger partial charge in [0.1, 0.15) is 0 Å². The van der Waals surface area contributed by atoms with Crippen LogP contribution in [-0.4, -0.2) is 18.6 Å². The number of hydrogen-bond donors (Lipinski definition) is 1. The van der Waals surface area contributed by atoms with Gasteiger partial charge in [-0.1, -0.05) is 36.4 Å². The summed E-state index contributed by atoms with van der Waals surface area (Å²) in [7, 11) is 0. The maximum atomic E-state index is 6.08. The van der Waals surface area contributed by atoms with Crippen LogP contribution in [0.5, 0.6) is 0 Å². The van der Waals surface area contributed by atoms with E-state index in [1.54, 1.807) is 0 Å². The van der Waals surface area contributed by atoms with E-state index in [1.807, 2.05) is 0 Å². The monoisotopic (exact) mass is 254 g/mol. The number of rotatable bonds is 3. The summed E-state index contributed by atoms with van der Waals surface area (Å²) in [5.74, 6) is 0. The van der Waals surface area contributed by atoms with Crippen LogP contribution in [0.2, 0.25) is 0 Å². The van der Waals surface area contributed by atoms with Crippen molar-refractivity contribution in [2.24, 2.45) is 5.73 Å². The summed E-state index contributed by atoms with van der Waals surface area (Å²) in [4.78, 5) is 2.54.